The number of fused-ring (bicyclic) bond motifs is 1. The quantitative estimate of drug-likeness (QED) is 0.829. The van der Waals surface area contributed by atoms with Gasteiger partial charge in [0.05, 0.1) is 24.2 Å². The molecule has 26 heavy (non-hydrogen) atoms. The van der Waals surface area contributed by atoms with Crippen molar-refractivity contribution in [3.63, 3.8) is 0 Å². The summed E-state index contributed by atoms with van der Waals surface area (Å²) in [6.45, 7) is 4.47. The minimum atomic E-state index is -3.14. The fourth-order valence-corrected chi connectivity index (χ4v) is 5.84. The van der Waals surface area contributed by atoms with Gasteiger partial charge < -0.3 is 15.0 Å². The van der Waals surface area contributed by atoms with E-state index in [1.807, 2.05) is 24.3 Å². The number of nitrogens with one attached hydrogen (secondary N) is 1. The molecule has 0 radical (unpaired) electrons. The van der Waals surface area contributed by atoms with Crippen molar-refractivity contribution < 1.29 is 17.9 Å². The van der Waals surface area contributed by atoms with Gasteiger partial charge in [-0.05, 0) is 24.1 Å². The van der Waals surface area contributed by atoms with E-state index >= 15 is 0 Å². The predicted octanol–water partition coefficient (Wildman–Crippen LogP) is 1.21. The number of piperazine rings is 1. The SMILES string of the molecule is CCc1cccc(NC(=O)N2CCN(CCOC)[C@@H]3CS(=O)(=O)C[C@@H]32)c1. The zero-order valence-electron chi connectivity index (χ0n) is 15.3. The highest BCUT2D eigenvalue weighted by Gasteiger charge is 2.47. The molecule has 0 aromatic heterocycles. The number of carbonyl (C=O) groups excluding carboxylic acids is 1. The van der Waals surface area contributed by atoms with Crippen molar-refractivity contribution in [3.8, 4) is 0 Å². The minimum Gasteiger partial charge on any atom is -0.383 e. The van der Waals surface area contributed by atoms with Crippen molar-refractivity contribution in [3.05, 3.63) is 29.8 Å². The number of rotatable bonds is 5. The van der Waals surface area contributed by atoms with Crippen LogP contribution in [0, 0.1) is 0 Å². The summed E-state index contributed by atoms with van der Waals surface area (Å²) < 4.78 is 29.6. The monoisotopic (exact) mass is 381 g/mol. The Balaban J connectivity index is 1.74. The number of sulfone groups is 1. The summed E-state index contributed by atoms with van der Waals surface area (Å²) in [6.07, 6.45) is 0.894. The number of methoxy groups -OCH3 is 1. The molecular formula is C18H27N3O4S. The van der Waals surface area contributed by atoms with E-state index in [9.17, 15) is 13.2 Å². The van der Waals surface area contributed by atoms with Crippen LogP contribution in [0.1, 0.15) is 12.5 Å². The standard InChI is InChI=1S/C18H27N3O4S/c1-3-14-5-4-6-15(11-14)19-18(22)21-8-7-20(9-10-25-2)16-12-26(23,24)13-17(16)21/h4-6,11,16-17H,3,7-10,12-13H2,1-2H3,(H,19,22)/t16-,17+/m1/s1. The summed E-state index contributed by atoms with van der Waals surface area (Å²) >= 11 is 0. The van der Waals surface area contributed by atoms with Crippen LogP contribution in [0.2, 0.25) is 0 Å². The molecule has 3 rings (SSSR count). The maximum Gasteiger partial charge on any atom is 0.322 e. The number of hydrogen-bond acceptors (Lipinski definition) is 5. The average molecular weight is 381 g/mol. The third-order valence-corrected chi connectivity index (χ3v) is 6.92. The molecule has 2 heterocycles. The molecule has 0 spiro atoms. The molecule has 2 aliphatic heterocycles. The zero-order valence-corrected chi connectivity index (χ0v) is 16.2. The van der Waals surface area contributed by atoms with Crippen LogP contribution in [0.3, 0.4) is 0 Å². The second-order valence-corrected chi connectivity index (χ2v) is 9.07. The second kappa shape index (κ2) is 7.94. The molecule has 0 aliphatic carbocycles. The summed E-state index contributed by atoms with van der Waals surface area (Å²) in [6, 6.07) is 7.06. The van der Waals surface area contributed by atoms with Crippen LogP contribution < -0.4 is 5.32 Å². The van der Waals surface area contributed by atoms with E-state index in [0.717, 1.165) is 17.7 Å². The number of urea groups is 1. The molecule has 8 heteroatoms. The summed E-state index contributed by atoms with van der Waals surface area (Å²) in [4.78, 5) is 16.6. The smallest absolute Gasteiger partial charge is 0.322 e. The van der Waals surface area contributed by atoms with Gasteiger partial charge in [0.1, 0.15) is 0 Å². The molecule has 1 aromatic rings. The lowest BCUT2D eigenvalue weighted by Gasteiger charge is -2.43. The van der Waals surface area contributed by atoms with Crippen molar-refractivity contribution in [2.75, 3.05) is 50.2 Å². The zero-order chi connectivity index (χ0) is 18.7. The van der Waals surface area contributed by atoms with E-state index in [-0.39, 0.29) is 29.6 Å². The average Bonchev–Trinajstić information content (AvgIpc) is 2.94. The lowest BCUT2D eigenvalue weighted by molar-refractivity contribution is 0.0499. The van der Waals surface area contributed by atoms with Gasteiger partial charge in [-0.2, -0.15) is 0 Å². The van der Waals surface area contributed by atoms with Gasteiger partial charge in [-0.25, -0.2) is 13.2 Å². The van der Waals surface area contributed by atoms with E-state index in [1.165, 1.54) is 0 Å². The van der Waals surface area contributed by atoms with E-state index in [0.29, 0.717) is 26.2 Å². The first-order valence-electron chi connectivity index (χ1n) is 9.03. The number of carbonyl (C=O) groups is 1. The Hall–Kier alpha value is -1.64. The lowest BCUT2D eigenvalue weighted by Crippen LogP contribution is -2.61. The van der Waals surface area contributed by atoms with Crippen LogP contribution in [0.4, 0.5) is 10.5 Å². The van der Waals surface area contributed by atoms with E-state index in [1.54, 1.807) is 12.0 Å². The molecule has 7 nitrogen and oxygen atoms in total. The maximum atomic E-state index is 12.8. The highest BCUT2D eigenvalue weighted by atomic mass is 32.2. The van der Waals surface area contributed by atoms with Crippen molar-refractivity contribution in [1.82, 2.24) is 9.80 Å². The summed E-state index contributed by atoms with van der Waals surface area (Å²) in [5, 5.41) is 2.93. The first-order chi connectivity index (χ1) is 12.4. The van der Waals surface area contributed by atoms with Crippen molar-refractivity contribution in [2.24, 2.45) is 0 Å². The summed E-state index contributed by atoms with van der Waals surface area (Å²) in [5.74, 6) is 0.139. The molecule has 144 valence electrons. The Morgan fingerprint density at radius 2 is 2.04 bits per heavy atom. The van der Waals surface area contributed by atoms with Gasteiger partial charge in [0.15, 0.2) is 9.84 Å². The second-order valence-electron chi connectivity index (χ2n) is 6.92. The van der Waals surface area contributed by atoms with Gasteiger partial charge in [-0.3, -0.25) is 4.90 Å². The molecule has 2 aliphatic rings. The molecule has 2 fully saturated rings. The Morgan fingerprint density at radius 3 is 2.77 bits per heavy atom. The highest BCUT2D eigenvalue weighted by Crippen LogP contribution is 2.27. The number of benzene rings is 1. The van der Waals surface area contributed by atoms with Crippen molar-refractivity contribution >= 4 is 21.6 Å². The minimum absolute atomic E-state index is 0.0313. The van der Waals surface area contributed by atoms with Gasteiger partial charge in [0.2, 0.25) is 0 Å². The number of anilines is 1. The Labute approximate surface area is 155 Å². The number of amides is 2. The van der Waals surface area contributed by atoms with Crippen LogP contribution in [0.25, 0.3) is 0 Å². The van der Waals surface area contributed by atoms with Gasteiger partial charge in [0, 0.05) is 38.5 Å². The highest BCUT2D eigenvalue weighted by molar-refractivity contribution is 7.91. The molecule has 1 N–H and O–H groups in total. The Bertz CT molecular complexity index is 753. The molecule has 2 atom stereocenters. The normalized spacial score (nSPS) is 25.1. The summed E-state index contributed by atoms with van der Waals surface area (Å²) in [7, 11) is -1.51. The predicted molar refractivity (Wildman–Crippen MR) is 101 cm³/mol. The van der Waals surface area contributed by atoms with Crippen molar-refractivity contribution in [2.45, 2.75) is 25.4 Å². The number of nitrogens with zero attached hydrogens (tertiary/aromatic N) is 2. The van der Waals surface area contributed by atoms with E-state index in [4.69, 9.17) is 4.74 Å². The summed E-state index contributed by atoms with van der Waals surface area (Å²) in [5.41, 5.74) is 1.89. The number of ether oxygens (including phenoxy) is 1. The largest absolute Gasteiger partial charge is 0.383 e. The fraction of sp³-hybridized carbons (Fsp3) is 0.611. The van der Waals surface area contributed by atoms with Crippen LogP contribution in [-0.4, -0.2) is 81.2 Å². The fourth-order valence-electron chi connectivity index (χ4n) is 3.83. The Morgan fingerprint density at radius 1 is 1.27 bits per heavy atom. The maximum absolute atomic E-state index is 12.8. The van der Waals surface area contributed by atoms with Gasteiger partial charge >= 0.3 is 6.03 Å². The molecule has 1 aromatic carbocycles. The number of hydrogen-bond donors (Lipinski definition) is 1. The molecular weight excluding hydrogens is 354 g/mol. The van der Waals surface area contributed by atoms with Crippen LogP contribution in [-0.2, 0) is 21.0 Å². The molecule has 0 bridgehead atoms. The molecule has 2 amide bonds. The lowest BCUT2D eigenvalue weighted by atomic mass is 10.1. The van der Waals surface area contributed by atoms with Gasteiger partial charge in [-0.1, -0.05) is 19.1 Å². The first-order valence-corrected chi connectivity index (χ1v) is 10.9. The van der Waals surface area contributed by atoms with Crippen LogP contribution >= 0.6 is 0 Å². The molecule has 2 saturated heterocycles. The van der Waals surface area contributed by atoms with Crippen LogP contribution in [0.15, 0.2) is 24.3 Å². The topological polar surface area (TPSA) is 79.0 Å². The molecule has 0 unspecified atom stereocenters. The Kier molecular flexibility index (Phi) is 5.84. The van der Waals surface area contributed by atoms with Gasteiger partial charge in [0.25, 0.3) is 0 Å². The van der Waals surface area contributed by atoms with Crippen LogP contribution in [0.5, 0.6) is 0 Å². The van der Waals surface area contributed by atoms with E-state index in [2.05, 4.69) is 17.1 Å². The third kappa shape index (κ3) is 4.19. The first kappa shape index (κ1) is 19.1. The van der Waals surface area contributed by atoms with E-state index < -0.39 is 9.84 Å². The third-order valence-electron chi connectivity index (χ3n) is 5.22. The van der Waals surface area contributed by atoms with Crippen molar-refractivity contribution in [1.29, 1.82) is 0 Å². The number of aryl methyl sites for hydroxylation is 1. The molecule has 0 saturated carbocycles. The van der Waals surface area contributed by atoms with Gasteiger partial charge in [-0.15, -0.1) is 0 Å².